The maximum Gasteiger partial charge on any atom is 0.254 e. The number of methoxy groups -OCH3 is 1. The van der Waals surface area contributed by atoms with Crippen molar-refractivity contribution in [3.05, 3.63) is 46.4 Å². The zero-order chi connectivity index (χ0) is 16.6. The third-order valence-corrected chi connectivity index (χ3v) is 4.33. The first-order chi connectivity index (χ1) is 11.0. The predicted molar refractivity (Wildman–Crippen MR) is 84.0 cm³/mol. The summed E-state index contributed by atoms with van der Waals surface area (Å²) in [6.07, 6.45) is 1.65. The molecule has 122 valence electrons. The highest BCUT2D eigenvalue weighted by Gasteiger charge is 2.26. The molecule has 0 bridgehead atoms. The lowest BCUT2D eigenvalue weighted by Crippen LogP contribution is -2.31. The normalized spacial score (nSPS) is 14.3. The molecule has 2 heterocycles. The second-order valence-electron chi connectivity index (χ2n) is 5.85. The number of aromatic nitrogens is 2. The van der Waals surface area contributed by atoms with Crippen molar-refractivity contribution in [1.82, 2.24) is 14.7 Å². The number of fused-ring (bicyclic) bond motifs is 1. The number of hydrogen-bond donors (Lipinski definition) is 0. The van der Waals surface area contributed by atoms with Crippen LogP contribution in [0.5, 0.6) is 5.88 Å². The van der Waals surface area contributed by atoms with E-state index in [1.807, 2.05) is 7.05 Å². The summed E-state index contributed by atoms with van der Waals surface area (Å²) in [5.74, 6) is 0.114. The van der Waals surface area contributed by atoms with Crippen LogP contribution < -0.4 is 4.74 Å². The first kappa shape index (κ1) is 15.5. The summed E-state index contributed by atoms with van der Waals surface area (Å²) in [6.45, 7) is 2.77. The van der Waals surface area contributed by atoms with Crippen LogP contribution in [0.4, 0.5) is 4.39 Å². The fourth-order valence-electron chi connectivity index (χ4n) is 2.98. The van der Waals surface area contributed by atoms with Crippen LogP contribution in [0, 0.1) is 12.7 Å². The SMILES string of the molecule is COc1nn(C)c2c1CCCN(C(=O)c1ccc(C)c(F)c1)C2. The highest BCUT2D eigenvalue weighted by atomic mass is 19.1. The molecule has 0 radical (unpaired) electrons. The second-order valence-corrected chi connectivity index (χ2v) is 5.85. The lowest BCUT2D eigenvalue weighted by atomic mass is 10.1. The third kappa shape index (κ3) is 2.81. The van der Waals surface area contributed by atoms with Crippen molar-refractivity contribution < 1.29 is 13.9 Å². The maximum absolute atomic E-state index is 13.7. The Morgan fingerprint density at radius 2 is 2.17 bits per heavy atom. The summed E-state index contributed by atoms with van der Waals surface area (Å²) < 4.78 is 20.8. The predicted octanol–water partition coefficient (Wildman–Crippen LogP) is 2.46. The maximum atomic E-state index is 13.7. The summed E-state index contributed by atoms with van der Waals surface area (Å²) in [4.78, 5) is 14.5. The molecule has 5 nitrogen and oxygen atoms in total. The van der Waals surface area contributed by atoms with Gasteiger partial charge < -0.3 is 9.64 Å². The van der Waals surface area contributed by atoms with Gasteiger partial charge in [0.05, 0.1) is 19.3 Å². The Kier molecular flexibility index (Phi) is 4.07. The number of rotatable bonds is 2. The topological polar surface area (TPSA) is 47.4 Å². The molecular formula is C17H20FN3O2. The quantitative estimate of drug-likeness (QED) is 0.855. The molecule has 6 heteroatoms. The van der Waals surface area contributed by atoms with Gasteiger partial charge in [0.25, 0.3) is 5.91 Å². The van der Waals surface area contributed by atoms with Crippen molar-refractivity contribution in [3.63, 3.8) is 0 Å². The summed E-state index contributed by atoms with van der Waals surface area (Å²) in [7, 11) is 3.45. The van der Waals surface area contributed by atoms with E-state index >= 15 is 0 Å². The van der Waals surface area contributed by atoms with Crippen LogP contribution in [0.15, 0.2) is 18.2 Å². The molecule has 3 rings (SSSR count). The molecule has 1 aromatic carbocycles. The molecule has 0 aliphatic carbocycles. The van der Waals surface area contributed by atoms with E-state index in [1.165, 1.54) is 6.07 Å². The van der Waals surface area contributed by atoms with Gasteiger partial charge in [0.2, 0.25) is 5.88 Å². The Labute approximate surface area is 134 Å². The van der Waals surface area contributed by atoms with Gasteiger partial charge in [0.15, 0.2) is 0 Å². The van der Waals surface area contributed by atoms with E-state index in [9.17, 15) is 9.18 Å². The first-order valence-electron chi connectivity index (χ1n) is 7.65. The number of halogens is 1. The number of amides is 1. The highest BCUT2D eigenvalue weighted by molar-refractivity contribution is 5.94. The van der Waals surface area contributed by atoms with Gasteiger partial charge in [-0.1, -0.05) is 6.07 Å². The number of benzene rings is 1. The van der Waals surface area contributed by atoms with Crippen molar-refractivity contribution in [1.29, 1.82) is 0 Å². The first-order valence-corrected chi connectivity index (χ1v) is 7.65. The summed E-state index contributed by atoms with van der Waals surface area (Å²) in [5, 5.41) is 4.34. The zero-order valence-electron chi connectivity index (χ0n) is 13.6. The molecule has 1 amide bonds. The number of nitrogens with zero attached hydrogens (tertiary/aromatic N) is 3. The standard InChI is InChI=1S/C17H20FN3O2/c1-11-6-7-12(9-14(11)18)17(22)21-8-4-5-13-15(10-21)20(2)19-16(13)23-3/h6-7,9H,4-5,8,10H2,1-3H3. The zero-order valence-corrected chi connectivity index (χ0v) is 13.6. The van der Waals surface area contributed by atoms with E-state index in [4.69, 9.17) is 4.74 Å². The highest BCUT2D eigenvalue weighted by Crippen LogP contribution is 2.27. The molecular weight excluding hydrogens is 297 g/mol. The van der Waals surface area contributed by atoms with E-state index < -0.39 is 0 Å². The Bertz CT molecular complexity index is 755. The molecule has 0 atom stereocenters. The van der Waals surface area contributed by atoms with Crippen molar-refractivity contribution in [2.75, 3.05) is 13.7 Å². The molecule has 0 fully saturated rings. The summed E-state index contributed by atoms with van der Waals surface area (Å²) >= 11 is 0. The fraction of sp³-hybridized carbons (Fsp3) is 0.412. The minimum atomic E-state index is -0.353. The number of carbonyl (C=O) groups is 1. The Hall–Kier alpha value is -2.37. The van der Waals surface area contributed by atoms with Gasteiger partial charge in [-0.3, -0.25) is 9.48 Å². The molecule has 0 saturated carbocycles. The van der Waals surface area contributed by atoms with Gasteiger partial charge in [-0.15, -0.1) is 5.10 Å². The van der Waals surface area contributed by atoms with Gasteiger partial charge in [0.1, 0.15) is 5.82 Å². The molecule has 0 spiro atoms. The van der Waals surface area contributed by atoms with Crippen molar-refractivity contribution in [2.24, 2.45) is 7.05 Å². The number of hydrogen-bond acceptors (Lipinski definition) is 3. The molecule has 0 unspecified atom stereocenters. The van der Waals surface area contributed by atoms with E-state index in [0.717, 1.165) is 24.1 Å². The third-order valence-electron chi connectivity index (χ3n) is 4.33. The van der Waals surface area contributed by atoms with Gasteiger partial charge in [0, 0.05) is 24.7 Å². The van der Waals surface area contributed by atoms with Gasteiger partial charge in [-0.2, -0.15) is 0 Å². The van der Waals surface area contributed by atoms with E-state index in [-0.39, 0.29) is 11.7 Å². The minimum absolute atomic E-state index is 0.156. The molecule has 2 aromatic rings. The van der Waals surface area contributed by atoms with Crippen LogP contribution in [0.2, 0.25) is 0 Å². The molecule has 0 saturated heterocycles. The van der Waals surface area contributed by atoms with Gasteiger partial charge in [-0.05, 0) is 37.5 Å². The van der Waals surface area contributed by atoms with Gasteiger partial charge >= 0.3 is 0 Å². The van der Waals surface area contributed by atoms with Crippen molar-refractivity contribution in [2.45, 2.75) is 26.3 Å². The average Bonchev–Trinajstić information content (AvgIpc) is 2.72. The fourth-order valence-corrected chi connectivity index (χ4v) is 2.98. The van der Waals surface area contributed by atoms with Crippen molar-refractivity contribution >= 4 is 5.91 Å². The Balaban J connectivity index is 1.89. The minimum Gasteiger partial charge on any atom is -0.480 e. The van der Waals surface area contributed by atoms with Crippen LogP contribution in [0.1, 0.15) is 33.6 Å². The van der Waals surface area contributed by atoms with Crippen molar-refractivity contribution in [3.8, 4) is 5.88 Å². The summed E-state index contributed by atoms with van der Waals surface area (Å²) in [6, 6.07) is 4.63. The van der Waals surface area contributed by atoms with Crippen LogP contribution >= 0.6 is 0 Å². The largest absolute Gasteiger partial charge is 0.480 e. The lowest BCUT2D eigenvalue weighted by molar-refractivity contribution is 0.0742. The van der Waals surface area contributed by atoms with Gasteiger partial charge in [-0.25, -0.2) is 4.39 Å². The molecule has 1 aliphatic heterocycles. The van der Waals surface area contributed by atoms with E-state index in [1.54, 1.807) is 35.7 Å². The molecule has 1 aliphatic rings. The summed E-state index contributed by atoms with van der Waals surface area (Å²) in [5.41, 5.74) is 2.95. The lowest BCUT2D eigenvalue weighted by Gasteiger charge is -2.21. The van der Waals surface area contributed by atoms with Crippen LogP contribution in [0.25, 0.3) is 0 Å². The average molecular weight is 317 g/mol. The van der Waals surface area contributed by atoms with E-state index in [2.05, 4.69) is 5.10 Å². The monoisotopic (exact) mass is 317 g/mol. The Morgan fingerprint density at radius 1 is 1.39 bits per heavy atom. The number of aryl methyl sites for hydroxylation is 2. The van der Waals surface area contributed by atoms with E-state index in [0.29, 0.717) is 30.1 Å². The second kappa shape index (κ2) is 6.02. The van der Waals surface area contributed by atoms with Crippen LogP contribution in [0.3, 0.4) is 0 Å². The smallest absolute Gasteiger partial charge is 0.254 e. The van der Waals surface area contributed by atoms with Crippen LogP contribution in [-0.4, -0.2) is 34.2 Å². The molecule has 1 aromatic heterocycles. The molecule has 23 heavy (non-hydrogen) atoms. The number of carbonyl (C=O) groups excluding carboxylic acids is 1. The Morgan fingerprint density at radius 3 is 2.87 bits per heavy atom. The number of ether oxygens (including phenoxy) is 1. The van der Waals surface area contributed by atoms with Crippen LogP contribution in [-0.2, 0) is 20.0 Å². The molecule has 0 N–H and O–H groups in total.